The lowest BCUT2D eigenvalue weighted by Crippen LogP contribution is -2.50. The summed E-state index contributed by atoms with van der Waals surface area (Å²) >= 11 is 0. The number of amides is 1. The van der Waals surface area contributed by atoms with Gasteiger partial charge in [-0.05, 0) is 23.0 Å². The minimum atomic E-state index is -1.11. The summed E-state index contributed by atoms with van der Waals surface area (Å²) in [6.07, 6.45) is -0.687. The highest BCUT2D eigenvalue weighted by Gasteiger charge is 2.58. The molecule has 1 unspecified atom stereocenters. The molecule has 2 aliphatic carbocycles. The van der Waals surface area contributed by atoms with E-state index in [1.807, 2.05) is 50.2 Å². The average Bonchev–Trinajstić information content (AvgIpc) is 2.60. The number of hydrogen-bond acceptors (Lipinski definition) is 2. The van der Waals surface area contributed by atoms with E-state index in [-0.39, 0.29) is 12.4 Å². The number of hydrogen-bond donors (Lipinski definition) is 2. The molecule has 1 atom stereocenters. The average molecular weight is 338 g/mol. The lowest BCUT2D eigenvalue weighted by atomic mass is 9.50. The van der Waals surface area contributed by atoms with E-state index in [1.54, 1.807) is 6.07 Å². The van der Waals surface area contributed by atoms with Crippen molar-refractivity contribution < 1.29 is 14.3 Å². The third-order valence-electron chi connectivity index (χ3n) is 5.21. The second-order valence-electron chi connectivity index (χ2n) is 6.94. The van der Waals surface area contributed by atoms with Crippen LogP contribution in [0.3, 0.4) is 0 Å². The van der Waals surface area contributed by atoms with Gasteiger partial charge in [-0.25, -0.2) is 9.18 Å². The Morgan fingerprint density at radius 3 is 2.52 bits per heavy atom. The highest BCUT2D eigenvalue weighted by molar-refractivity contribution is 5.78. The molecule has 2 N–H and O–H groups in total. The van der Waals surface area contributed by atoms with Crippen LogP contribution in [0.25, 0.3) is 11.1 Å². The van der Waals surface area contributed by atoms with Gasteiger partial charge in [0.2, 0.25) is 0 Å². The van der Waals surface area contributed by atoms with Crippen molar-refractivity contribution in [1.82, 2.24) is 5.32 Å². The van der Waals surface area contributed by atoms with Crippen LogP contribution in [-0.4, -0.2) is 17.7 Å². The molecule has 4 rings (SSSR count). The fourth-order valence-corrected chi connectivity index (χ4v) is 3.80. The Morgan fingerprint density at radius 1 is 1.28 bits per heavy atom. The first-order valence-corrected chi connectivity index (χ1v) is 8.12. The number of halogens is 1. The number of nitrogens with one attached hydrogen (secondary N) is 1. The molecule has 25 heavy (non-hydrogen) atoms. The lowest BCUT2D eigenvalue weighted by Gasteiger charge is -2.49. The quantitative estimate of drug-likeness (QED) is 0.853. The van der Waals surface area contributed by atoms with Gasteiger partial charge in [0, 0.05) is 17.7 Å². The number of carboxylic acid groups (broad SMARTS) is 1. The van der Waals surface area contributed by atoms with Gasteiger partial charge in [0.15, 0.2) is 0 Å². The summed E-state index contributed by atoms with van der Waals surface area (Å²) in [5.74, 6) is -0.331. The first-order valence-electron chi connectivity index (χ1n) is 8.12. The van der Waals surface area contributed by atoms with E-state index in [1.165, 1.54) is 0 Å². The Kier molecular flexibility index (Phi) is 4.00. The van der Waals surface area contributed by atoms with E-state index in [0.717, 1.165) is 5.56 Å². The first kappa shape index (κ1) is 17.0. The summed E-state index contributed by atoms with van der Waals surface area (Å²) in [4.78, 5) is 10.7. The van der Waals surface area contributed by atoms with E-state index in [9.17, 15) is 14.4 Å². The molecule has 2 bridgehead atoms. The molecule has 1 amide bonds. The standard InChI is InChI=1S/C20H19FN2O2/c1-19(2,10-11-23-18(24)25)20(12-22)15-9-8-14(16(20)17(15)21)13-6-4-3-5-7-13/h3-9,23H,10-11H2,1-2H3,(H,24,25). The molecule has 2 aromatic rings. The van der Waals surface area contributed by atoms with Gasteiger partial charge in [0.05, 0.1) is 6.07 Å². The molecular formula is C20H19FN2O2. The van der Waals surface area contributed by atoms with Crippen molar-refractivity contribution in [3.63, 3.8) is 0 Å². The minimum Gasteiger partial charge on any atom is -0.465 e. The summed E-state index contributed by atoms with van der Waals surface area (Å²) in [6.45, 7) is 3.97. The zero-order valence-electron chi connectivity index (χ0n) is 14.1. The van der Waals surface area contributed by atoms with Crippen LogP contribution in [0.1, 0.15) is 31.4 Å². The number of nitrogens with zero attached hydrogens (tertiary/aromatic N) is 1. The fraction of sp³-hybridized carbons (Fsp3) is 0.300. The van der Waals surface area contributed by atoms with Crippen LogP contribution >= 0.6 is 0 Å². The molecule has 5 heteroatoms. The van der Waals surface area contributed by atoms with Crippen molar-refractivity contribution >= 4 is 6.09 Å². The van der Waals surface area contributed by atoms with E-state index >= 15 is 0 Å². The summed E-state index contributed by atoms with van der Waals surface area (Å²) in [5, 5.41) is 21.1. The maximum Gasteiger partial charge on any atom is 0.404 e. The topological polar surface area (TPSA) is 73.1 Å². The van der Waals surface area contributed by atoms with Crippen molar-refractivity contribution in [2.45, 2.75) is 25.7 Å². The van der Waals surface area contributed by atoms with Crippen molar-refractivity contribution in [2.24, 2.45) is 5.41 Å². The number of fused-ring (bicyclic) bond motifs is 2. The third kappa shape index (κ3) is 2.37. The zero-order valence-corrected chi connectivity index (χ0v) is 14.1. The van der Waals surface area contributed by atoms with Crippen molar-refractivity contribution in [3.05, 3.63) is 59.4 Å². The summed E-state index contributed by atoms with van der Waals surface area (Å²) in [5.41, 5.74) is 0.687. The van der Waals surface area contributed by atoms with E-state index in [0.29, 0.717) is 23.1 Å². The molecular weight excluding hydrogens is 319 g/mol. The molecule has 0 aromatic heterocycles. The fourth-order valence-electron chi connectivity index (χ4n) is 3.80. The van der Waals surface area contributed by atoms with Gasteiger partial charge in [-0.15, -0.1) is 0 Å². The highest BCUT2D eigenvalue weighted by atomic mass is 19.1. The largest absolute Gasteiger partial charge is 0.465 e. The maximum absolute atomic E-state index is 14.7. The third-order valence-corrected chi connectivity index (χ3v) is 5.21. The van der Waals surface area contributed by atoms with Crippen molar-refractivity contribution in [2.75, 3.05) is 6.54 Å². The molecule has 128 valence electrons. The molecule has 2 aliphatic rings. The van der Waals surface area contributed by atoms with Gasteiger partial charge < -0.3 is 10.4 Å². The monoisotopic (exact) mass is 338 g/mol. The summed E-state index contributed by atoms with van der Waals surface area (Å²) in [7, 11) is 0. The molecule has 0 saturated heterocycles. The minimum absolute atomic E-state index is 0.207. The molecule has 2 aromatic carbocycles. The molecule has 0 saturated carbocycles. The predicted octanol–water partition coefficient (Wildman–Crippen LogP) is 4.30. The molecule has 0 radical (unpaired) electrons. The molecule has 4 nitrogen and oxygen atoms in total. The number of benzene rings is 2. The van der Waals surface area contributed by atoms with Gasteiger partial charge in [0.25, 0.3) is 0 Å². The van der Waals surface area contributed by atoms with Crippen LogP contribution in [0.15, 0.2) is 42.5 Å². The van der Waals surface area contributed by atoms with Crippen LogP contribution in [0, 0.1) is 22.6 Å². The van der Waals surface area contributed by atoms with Crippen LogP contribution < -0.4 is 5.32 Å². The van der Waals surface area contributed by atoms with E-state index in [2.05, 4.69) is 11.4 Å². The normalized spacial score (nSPS) is 18.2. The van der Waals surface area contributed by atoms with Crippen molar-refractivity contribution in [3.8, 4) is 17.2 Å². The van der Waals surface area contributed by atoms with Crippen molar-refractivity contribution in [1.29, 1.82) is 5.26 Å². The van der Waals surface area contributed by atoms with Crippen LogP contribution in [-0.2, 0) is 5.41 Å². The van der Waals surface area contributed by atoms with E-state index < -0.39 is 16.9 Å². The number of nitriles is 1. The zero-order chi connectivity index (χ0) is 18.2. The summed E-state index contributed by atoms with van der Waals surface area (Å²) in [6, 6.07) is 15.3. The second-order valence-corrected chi connectivity index (χ2v) is 6.94. The molecule has 0 spiro atoms. The lowest BCUT2D eigenvalue weighted by molar-refractivity contribution is 0.181. The molecule has 0 aliphatic heterocycles. The van der Waals surface area contributed by atoms with Crippen LogP contribution in [0.2, 0.25) is 0 Å². The smallest absolute Gasteiger partial charge is 0.404 e. The SMILES string of the molecule is CC(C)(CCNC(=O)O)C1(C#N)c2ccc(-c3ccccc3)c1c2F. The van der Waals surface area contributed by atoms with Gasteiger partial charge in [-0.1, -0.05) is 56.3 Å². The summed E-state index contributed by atoms with van der Waals surface area (Å²) < 4.78 is 14.7. The molecule has 0 heterocycles. The van der Waals surface area contributed by atoms with Gasteiger partial charge in [-0.3, -0.25) is 0 Å². The number of rotatable bonds is 5. The second kappa shape index (κ2) is 5.89. The highest BCUT2D eigenvalue weighted by Crippen LogP contribution is 2.59. The van der Waals surface area contributed by atoms with Gasteiger partial charge in [-0.2, -0.15) is 5.26 Å². The van der Waals surface area contributed by atoms with Gasteiger partial charge in [0.1, 0.15) is 11.2 Å². The maximum atomic E-state index is 14.7. The Bertz CT molecular complexity index is 871. The Morgan fingerprint density at radius 2 is 1.96 bits per heavy atom. The molecule has 0 fully saturated rings. The Labute approximate surface area is 145 Å². The van der Waals surface area contributed by atoms with Crippen LogP contribution in [0.5, 0.6) is 0 Å². The Balaban J connectivity index is 2.05. The predicted molar refractivity (Wildman–Crippen MR) is 92.7 cm³/mol. The van der Waals surface area contributed by atoms with Gasteiger partial charge >= 0.3 is 6.09 Å². The number of carbonyl (C=O) groups is 1. The first-order chi connectivity index (χ1) is 11.8. The van der Waals surface area contributed by atoms with E-state index in [4.69, 9.17) is 5.11 Å². The van der Waals surface area contributed by atoms with Crippen LogP contribution in [0.4, 0.5) is 9.18 Å². The Hall–Kier alpha value is -2.87.